The van der Waals surface area contributed by atoms with Crippen LogP contribution in [0.5, 0.6) is 0 Å². The molecule has 2 N–H and O–H groups in total. The Morgan fingerprint density at radius 2 is 1.81 bits per heavy atom. The van der Waals surface area contributed by atoms with Crippen LogP contribution in [0.25, 0.3) is 11.0 Å². The van der Waals surface area contributed by atoms with Gasteiger partial charge in [-0.05, 0) is 33.6 Å². The van der Waals surface area contributed by atoms with Gasteiger partial charge in [-0.15, -0.1) is 0 Å². The van der Waals surface area contributed by atoms with Crippen molar-refractivity contribution < 1.29 is 19.1 Å². The highest BCUT2D eigenvalue weighted by Crippen LogP contribution is 2.35. The van der Waals surface area contributed by atoms with E-state index in [0.717, 1.165) is 6.42 Å². The molecular weight excluding hydrogens is 354 g/mol. The molecule has 0 atom stereocenters. The Morgan fingerprint density at radius 3 is 2.44 bits per heavy atom. The van der Waals surface area contributed by atoms with E-state index in [2.05, 4.69) is 58.0 Å². The third-order valence-corrected chi connectivity index (χ3v) is 4.20. The number of nitro groups is 1. The second-order valence-electron chi connectivity index (χ2n) is 8.05. The lowest BCUT2D eigenvalue weighted by Gasteiger charge is -2.35. The second kappa shape index (κ2) is 7.77. The third-order valence-electron chi connectivity index (χ3n) is 4.20. The number of nitrogens with one attached hydrogen (secondary N) is 2. The summed E-state index contributed by atoms with van der Waals surface area (Å²) in [5.41, 5.74) is 0.630. The first-order valence-corrected chi connectivity index (χ1v) is 8.50. The fourth-order valence-electron chi connectivity index (χ4n) is 3.28. The van der Waals surface area contributed by atoms with Gasteiger partial charge in [-0.25, -0.2) is 9.42 Å². The fraction of sp³-hybridized carbons (Fsp3) is 0.588. The summed E-state index contributed by atoms with van der Waals surface area (Å²) in [4.78, 5) is 21.8. The molecule has 0 saturated carbocycles. The Bertz CT molecular complexity index is 830. The van der Waals surface area contributed by atoms with Crippen molar-refractivity contribution in [3.8, 4) is 0 Å². The Morgan fingerprint density at radius 1 is 1.19 bits per heavy atom. The average molecular weight is 379 g/mol. The van der Waals surface area contributed by atoms with Crippen LogP contribution >= 0.6 is 0 Å². The number of anilines is 1. The molecule has 0 aliphatic heterocycles. The summed E-state index contributed by atoms with van der Waals surface area (Å²) in [5.74, 6) is 0. The summed E-state index contributed by atoms with van der Waals surface area (Å²) in [7, 11) is 1.33. The fourth-order valence-corrected chi connectivity index (χ4v) is 3.28. The minimum atomic E-state index is -0.517. The minimum absolute atomic E-state index is 0.116. The number of carbonyl (C=O) groups excluding carboxylic acids is 1. The maximum atomic E-state index is 11.3. The molecule has 10 heteroatoms. The van der Waals surface area contributed by atoms with Crippen molar-refractivity contribution in [3.63, 3.8) is 0 Å². The van der Waals surface area contributed by atoms with E-state index in [1.807, 2.05) is 0 Å². The van der Waals surface area contributed by atoms with Crippen LogP contribution in [0.4, 0.5) is 16.2 Å². The van der Waals surface area contributed by atoms with Crippen LogP contribution in [-0.4, -0.2) is 41.5 Å². The first-order chi connectivity index (χ1) is 12.5. The van der Waals surface area contributed by atoms with Crippen LogP contribution in [0.2, 0.25) is 0 Å². The molecule has 1 amide bonds. The van der Waals surface area contributed by atoms with E-state index in [-0.39, 0.29) is 22.0 Å². The standard InChI is InChI=1S/C17H25N5O5/c1-16(2,8-17(3,4)10-19-15(23)26-5)9-18-11-6-7-12(22(24)25)14-13(11)20-27-21-14/h6-7,18H,8-10H2,1-5H3,(H,19,23). The number of hydrogen-bond acceptors (Lipinski definition) is 8. The van der Waals surface area contributed by atoms with Gasteiger partial charge in [-0.1, -0.05) is 27.7 Å². The zero-order valence-electron chi connectivity index (χ0n) is 16.2. The van der Waals surface area contributed by atoms with E-state index in [0.29, 0.717) is 24.3 Å². The summed E-state index contributed by atoms with van der Waals surface area (Å²) in [6.45, 7) is 9.41. The van der Waals surface area contributed by atoms with Gasteiger partial charge < -0.3 is 15.4 Å². The SMILES string of the molecule is COC(=O)NCC(C)(C)CC(C)(C)CNc1ccc([N+](=O)[O-])c2nonc12. The van der Waals surface area contributed by atoms with Gasteiger partial charge in [-0.3, -0.25) is 10.1 Å². The molecule has 1 aromatic carbocycles. The topological polar surface area (TPSA) is 132 Å². The van der Waals surface area contributed by atoms with Crippen molar-refractivity contribution in [3.05, 3.63) is 22.2 Å². The molecule has 2 rings (SSSR count). The Hall–Kier alpha value is -2.91. The molecule has 27 heavy (non-hydrogen) atoms. The molecule has 0 saturated heterocycles. The first kappa shape index (κ1) is 20.4. The Balaban J connectivity index is 2.06. The number of ether oxygens (including phenoxy) is 1. The van der Waals surface area contributed by atoms with E-state index >= 15 is 0 Å². The number of amides is 1. The van der Waals surface area contributed by atoms with Gasteiger partial charge in [0.25, 0.3) is 0 Å². The number of benzene rings is 1. The van der Waals surface area contributed by atoms with Crippen molar-refractivity contribution in [2.45, 2.75) is 34.1 Å². The number of rotatable bonds is 8. The third kappa shape index (κ3) is 5.28. The number of hydrogen-bond donors (Lipinski definition) is 2. The highest BCUT2D eigenvalue weighted by Gasteiger charge is 2.30. The van der Waals surface area contributed by atoms with Gasteiger partial charge in [0.2, 0.25) is 5.52 Å². The molecule has 1 heterocycles. The summed E-state index contributed by atoms with van der Waals surface area (Å²) in [6, 6.07) is 2.98. The number of nitrogens with zero attached hydrogens (tertiary/aromatic N) is 3. The molecule has 0 fully saturated rings. The minimum Gasteiger partial charge on any atom is -0.453 e. The van der Waals surface area contributed by atoms with Crippen molar-refractivity contribution in [2.75, 3.05) is 25.5 Å². The van der Waals surface area contributed by atoms with E-state index in [1.54, 1.807) is 6.07 Å². The van der Waals surface area contributed by atoms with E-state index < -0.39 is 11.0 Å². The van der Waals surface area contributed by atoms with Crippen LogP contribution in [0.3, 0.4) is 0 Å². The molecule has 10 nitrogen and oxygen atoms in total. The summed E-state index contributed by atoms with van der Waals surface area (Å²) >= 11 is 0. The van der Waals surface area contributed by atoms with Crippen molar-refractivity contribution in [1.82, 2.24) is 15.6 Å². The van der Waals surface area contributed by atoms with E-state index in [4.69, 9.17) is 0 Å². The number of alkyl carbamates (subject to hydrolysis) is 1. The molecule has 2 aromatic rings. The Labute approximate surface area is 156 Å². The normalized spacial score (nSPS) is 12.0. The quantitative estimate of drug-likeness (QED) is 0.527. The zero-order valence-corrected chi connectivity index (χ0v) is 16.2. The molecule has 0 spiro atoms. The second-order valence-corrected chi connectivity index (χ2v) is 8.05. The predicted molar refractivity (Wildman–Crippen MR) is 99.5 cm³/mol. The monoisotopic (exact) mass is 379 g/mol. The van der Waals surface area contributed by atoms with Gasteiger partial charge in [0.05, 0.1) is 17.7 Å². The summed E-state index contributed by atoms with van der Waals surface area (Å²) < 4.78 is 9.29. The highest BCUT2D eigenvalue weighted by molar-refractivity contribution is 5.93. The molecule has 148 valence electrons. The molecular formula is C17H25N5O5. The van der Waals surface area contributed by atoms with Crippen LogP contribution in [0.1, 0.15) is 34.1 Å². The zero-order chi connectivity index (χ0) is 20.2. The highest BCUT2D eigenvalue weighted by atomic mass is 16.6. The lowest BCUT2D eigenvalue weighted by molar-refractivity contribution is -0.383. The van der Waals surface area contributed by atoms with Crippen LogP contribution in [0.15, 0.2) is 16.8 Å². The van der Waals surface area contributed by atoms with E-state index in [1.165, 1.54) is 13.2 Å². The smallest absolute Gasteiger partial charge is 0.406 e. The van der Waals surface area contributed by atoms with Gasteiger partial charge in [-0.2, -0.15) is 0 Å². The first-order valence-electron chi connectivity index (χ1n) is 8.50. The number of nitro benzene ring substituents is 1. The summed E-state index contributed by atoms with van der Waals surface area (Å²) in [6.07, 6.45) is 0.357. The largest absolute Gasteiger partial charge is 0.453 e. The van der Waals surface area contributed by atoms with Crippen molar-refractivity contribution in [1.29, 1.82) is 0 Å². The van der Waals surface area contributed by atoms with Crippen molar-refractivity contribution >= 4 is 28.5 Å². The molecule has 0 bridgehead atoms. The predicted octanol–water partition coefficient (Wildman–Crippen LogP) is 3.34. The average Bonchev–Trinajstić information content (AvgIpc) is 3.06. The molecule has 0 unspecified atom stereocenters. The number of carbonyl (C=O) groups is 1. The van der Waals surface area contributed by atoms with Gasteiger partial charge in [0, 0.05) is 19.2 Å². The van der Waals surface area contributed by atoms with Gasteiger partial charge in [0.15, 0.2) is 5.52 Å². The van der Waals surface area contributed by atoms with Crippen LogP contribution in [-0.2, 0) is 4.74 Å². The molecule has 1 aromatic heterocycles. The van der Waals surface area contributed by atoms with Gasteiger partial charge >= 0.3 is 11.8 Å². The lowest BCUT2D eigenvalue weighted by atomic mass is 9.75. The molecule has 0 aliphatic carbocycles. The lowest BCUT2D eigenvalue weighted by Crippen LogP contribution is -2.38. The van der Waals surface area contributed by atoms with Crippen LogP contribution < -0.4 is 10.6 Å². The maximum Gasteiger partial charge on any atom is 0.406 e. The Kier molecular flexibility index (Phi) is 5.87. The van der Waals surface area contributed by atoms with Gasteiger partial charge in [0.1, 0.15) is 0 Å². The number of aromatic nitrogens is 2. The maximum absolute atomic E-state index is 11.3. The number of fused-ring (bicyclic) bond motifs is 1. The molecule has 0 aliphatic rings. The number of methoxy groups -OCH3 is 1. The summed E-state index contributed by atoms with van der Waals surface area (Å²) in [5, 5.41) is 24.5. The van der Waals surface area contributed by atoms with Crippen LogP contribution in [0, 0.1) is 20.9 Å². The molecule has 0 radical (unpaired) electrons. The van der Waals surface area contributed by atoms with Crippen molar-refractivity contribution in [2.24, 2.45) is 10.8 Å². The van der Waals surface area contributed by atoms with E-state index in [9.17, 15) is 14.9 Å². The number of non-ortho nitro benzene ring substituents is 1.